The molecule has 13 rings (SSSR count). The SMILES string of the molecule is Cc1cc2c3c(c1)N(c1cc(-c4ccccc4)cc(-c4ccccc4)c1)c1cc4c(cc1B3c1ccc(-c3ccccc3)cc1N2c1cc(-c2ccccc2)cc(-c2ccccc2)c1)CCCC4. The molecule has 68 heavy (non-hydrogen) atoms. The molecule has 0 unspecified atom stereocenters. The van der Waals surface area contributed by atoms with Gasteiger partial charge in [-0.15, -0.1) is 0 Å². The van der Waals surface area contributed by atoms with Gasteiger partial charge in [-0.25, -0.2) is 0 Å². The molecule has 0 spiro atoms. The molecule has 0 atom stereocenters. The molecule has 0 aromatic heterocycles. The van der Waals surface area contributed by atoms with Crippen molar-refractivity contribution in [2.45, 2.75) is 32.6 Å². The molecule has 322 valence electrons. The van der Waals surface area contributed by atoms with Crippen LogP contribution in [0, 0.1) is 6.92 Å². The summed E-state index contributed by atoms with van der Waals surface area (Å²) in [5.41, 5.74) is 27.6. The second-order valence-electron chi connectivity index (χ2n) is 18.8. The lowest BCUT2D eigenvalue weighted by Gasteiger charge is -2.45. The van der Waals surface area contributed by atoms with E-state index in [1.165, 1.54) is 130 Å². The zero-order valence-electron chi connectivity index (χ0n) is 38.2. The van der Waals surface area contributed by atoms with Crippen LogP contribution in [0.15, 0.2) is 231 Å². The van der Waals surface area contributed by atoms with Gasteiger partial charge in [-0.05, 0) is 182 Å². The summed E-state index contributed by atoms with van der Waals surface area (Å²) < 4.78 is 0. The number of rotatable bonds is 7. The fourth-order valence-corrected chi connectivity index (χ4v) is 11.4. The van der Waals surface area contributed by atoms with Crippen molar-refractivity contribution in [3.05, 3.63) is 247 Å². The Hall–Kier alpha value is -8.14. The van der Waals surface area contributed by atoms with Crippen LogP contribution in [-0.2, 0) is 12.8 Å². The maximum atomic E-state index is 2.63. The van der Waals surface area contributed by atoms with Crippen molar-refractivity contribution in [3.8, 4) is 55.6 Å². The molecule has 0 radical (unpaired) electrons. The van der Waals surface area contributed by atoms with Gasteiger partial charge in [0.2, 0.25) is 0 Å². The highest BCUT2D eigenvalue weighted by Gasteiger charge is 2.44. The number of aryl methyl sites for hydroxylation is 3. The Balaban J connectivity index is 1.12. The zero-order valence-corrected chi connectivity index (χ0v) is 38.2. The smallest absolute Gasteiger partial charge is 0.252 e. The van der Waals surface area contributed by atoms with Gasteiger partial charge in [0, 0.05) is 34.1 Å². The topological polar surface area (TPSA) is 6.48 Å². The Kier molecular flexibility index (Phi) is 9.82. The molecule has 3 aliphatic rings. The quantitative estimate of drug-likeness (QED) is 0.147. The van der Waals surface area contributed by atoms with E-state index in [1.807, 2.05) is 0 Å². The summed E-state index contributed by atoms with van der Waals surface area (Å²) in [4.78, 5) is 5.23. The van der Waals surface area contributed by atoms with Crippen LogP contribution in [0.2, 0.25) is 0 Å². The van der Waals surface area contributed by atoms with Gasteiger partial charge in [-0.1, -0.05) is 170 Å². The van der Waals surface area contributed by atoms with Crippen molar-refractivity contribution in [1.29, 1.82) is 0 Å². The van der Waals surface area contributed by atoms with Gasteiger partial charge in [0.25, 0.3) is 6.71 Å². The molecule has 10 aromatic rings. The Bertz CT molecular complexity index is 3400. The minimum atomic E-state index is 0.0203. The molecule has 0 saturated carbocycles. The summed E-state index contributed by atoms with van der Waals surface area (Å²) in [7, 11) is 0. The Morgan fingerprint density at radius 2 is 0.691 bits per heavy atom. The number of anilines is 6. The van der Waals surface area contributed by atoms with E-state index in [9.17, 15) is 0 Å². The molecule has 1 aliphatic carbocycles. The molecule has 3 heteroatoms. The van der Waals surface area contributed by atoms with Crippen molar-refractivity contribution < 1.29 is 0 Å². The van der Waals surface area contributed by atoms with Crippen LogP contribution in [0.5, 0.6) is 0 Å². The number of hydrogen-bond acceptors (Lipinski definition) is 2. The number of benzene rings is 10. The van der Waals surface area contributed by atoms with Gasteiger partial charge in [0.15, 0.2) is 0 Å². The third kappa shape index (κ3) is 6.97. The molecule has 0 saturated heterocycles. The van der Waals surface area contributed by atoms with Crippen LogP contribution in [0.3, 0.4) is 0 Å². The van der Waals surface area contributed by atoms with Gasteiger partial charge in [-0.3, -0.25) is 0 Å². The molecular formula is C65H49BN2. The minimum Gasteiger partial charge on any atom is -0.311 e. The van der Waals surface area contributed by atoms with Crippen LogP contribution in [0.25, 0.3) is 55.6 Å². The lowest BCUT2D eigenvalue weighted by Crippen LogP contribution is -2.61. The fourth-order valence-electron chi connectivity index (χ4n) is 11.4. The van der Waals surface area contributed by atoms with E-state index in [0.717, 1.165) is 18.5 Å². The maximum absolute atomic E-state index is 2.63. The van der Waals surface area contributed by atoms with Crippen LogP contribution >= 0.6 is 0 Å². The van der Waals surface area contributed by atoms with Crippen molar-refractivity contribution in [2.75, 3.05) is 9.80 Å². The highest BCUT2D eigenvalue weighted by molar-refractivity contribution is 7.00. The molecule has 0 bridgehead atoms. The van der Waals surface area contributed by atoms with Gasteiger partial charge >= 0.3 is 0 Å². The van der Waals surface area contributed by atoms with E-state index in [-0.39, 0.29) is 6.71 Å². The molecule has 10 aromatic carbocycles. The highest BCUT2D eigenvalue weighted by atomic mass is 15.2. The predicted molar refractivity (Wildman–Crippen MR) is 289 cm³/mol. The molecule has 2 aliphatic heterocycles. The third-order valence-corrected chi connectivity index (χ3v) is 14.6. The number of fused-ring (bicyclic) bond motifs is 5. The van der Waals surface area contributed by atoms with Crippen molar-refractivity contribution in [2.24, 2.45) is 0 Å². The summed E-state index contributed by atoms with van der Waals surface area (Å²) in [6.07, 6.45) is 4.68. The van der Waals surface area contributed by atoms with Crippen molar-refractivity contribution in [1.82, 2.24) is 0 Å². The van der Waals surface area contributed by atoms with Crippen molar-refractivity contribution >= 4 is 57.2 Å². The van der Waals surface area contributed by atoms with Crippen LogP contribution < -0.4 is 26.2 Å². The fraction of sp³-hybridized carbons (Fsp3) is 0.0769. The number of hydrogen-bond donors (Lipinski definition) is 0. The van der Waals surface area contributed by atoms with E-state index < -0.39 is 0 Å². The molecule has 0 fully saturated rings. The largest absolute Gasteiger partial charge is 0.311 e. The van der Waals surface area contributed by atoms with Gasteiger partial charge in [0.05, 0.1) is 0 Å². The van der Waals surface area contributed by atoms with Gasteiger partial charge < -0.3 is 9.80 Å². The lowest BCUT2D eigenvalue weighted by atomic mass is 9.33. The monoisotopic (exact) mass is 868 g/mol. The average molecular weight is 869 g/mol. The third-order valence-electron chi connectivity index (χ3n) is 14.6. The molecule has 2 nitrogen and oxygen atoms in total. The zero-order chi connectivity index (χ0) is 45.1. The van der Waals surface area contributed by atoms with E-state index in [0.29, 0.717) is 0 Å². The Labute approximate surface area is 400 Å². The van der Waals surface area contributed by atoms with Gasteiger partial charge in [-0.2, -0.15) is 0 Å². The Morgan fingerprint density at radius 3 is 1.12 bits per heavy atom. The number of nitrogens with zero attached hydrogens (tertiary/aromatic N) is 2. The second-order valence-corrected chi connectivity index (χ2v) is 18.8. The molecule has 0 N–H and O–H groups in total. The normalized spacial score (nSPS) is 13.3. The van der Waals surface area contributed by atoms with Crippen LogP contribution in [0.4, 0.5) is 34.1 Å². The highest BCUT2D eigenvalue weighted by Crippen LogP contribution is 2.48. The summed E-state index contributed by atoms with van der Waals surface area (Å²) in [5, 5.41) is 0. The minimum absolute atomic E-state index is 0.0203. The Morgan fingerprint density at radius 1 is 0.309 bits per heavy atom. The molecular weight excluding hydrogens is 820 g/mol. The summed E-state index contributed by atoms with van der Waals surface area (Å²) in [6.45, 7) is 2.30. The van der Waals surface area contributed by atoms with E-state index >= 15 is 0 Å². The van der Waals surface area contributed by atoms with Gasteiger partial charge in [0.1, 0.15) is 0 Å². The van der Waals surface area contributed by atoms with E-state index in [1.54, 1.807) is 0 Å². The first-order chi connectivity index (χ1) is 33.6. The van der Waals surface area contributed by atoms with E-state index in [4.69, 9.17) is 0 Å². The lowest BCUT2D eigenvalue weighted by molar-refractivity contribution is 0.686. The summed E-state index contributed by atoms with van der Waals surface area (Å²) in [5.74, 6) is 0. The summed E-state index contributed by atoms with van der Waals surface area (Å²) >= 11 is 0. The second kappa shape index (κ2) is 16.6. The first-order valence-corrected chi connectivity index (χ1v) is 24.2. The van der Waals surface area contributed by atoms with Crippen molar-refractivity contribution in [3.63, 3.8) is 0 Å². The van der Waals surface area contributed by atoms with Crippen LogP contribution in [0.1, 0.15) is 29.5 Å². The van der Waals surface area contributed by atoms with Crippen LogP contribution in [-0.4, -0.2) is 6.71 Å². The molecule has 2 heterocycles. The first kappa shape index (κ1) is 40.2. The standard InChI is InChI=1S/C65H49BN2/c1-44-33-63-65-64(34-44)68(58-39-55(48-25-13-5-14-26-48)36-56(40-58)49-27-15-6-16-28-49)62-42-51-30-18-17-29-50(51)41-60(62)66(65)59-32-31-52(45-19-7-2-8-20-45)43-61(59)67(63)57-37-53(46-21-9-3-10-22-46)35-54(38-57)47-23-11-4-12-24-47/h2-16,19-28,31-43H,17-18,29-30H2,1H3. The average Bonchev–Trinajstić information content (AvgIpc) is 3.41. The predicted octanol–water partition coefficient (Wildman–Crippen LogP) is 15.3. The van der Waals surface area contributed by atoms with E-state index in [2.05, 4.69) is 247 Å². The first-order valence-electron chi connectivity index (χ1n) is 24.2. The molecule has 0 amide bonds. The summed E-state index contributed by atoms with van der Waals surface area (Å²) in [6, 6.07) is 86.2. The maximum Gasteiger partial charge on any atom is 0.252 e.